The van der Waals surface area contributed by atoms with Crippen LogP contribution in [-0.4, -0.2) is 24.2 Å². The van der Waals surface area contributed by atoms with Crippen molar-refractivity contribution in [2.45, 2.75) is 32.7 Å². The Labute approximate surface area is 113 Å². The summed E-state index contributed by atoms with van der Waals surface area (Å²) in [6.45, 7) is 4.01. The lowest BCUT2D eigenvalue weighted by Crippen LogP contribution is -2.29. The van der Waals surface area contributed by atoms with Gasteiger partial charge in [0, 0.05) is 0 Å². The van der Waals surface area contributed by atoms with E-state index in [-0.39, 0.29) is 0 Å². The summed E-state index contributed by atoms with van der Waals surface area (Å²) in [5, 5.41) is 8.67. The largest absolute Gasteiger partial charge is 0.496 e. The van der Waals surface area contributed by atoms with Gasteiger partial charge in [0.2, 0.25) is 0 Å². The van der Waals surface area contributed by atoms with Crippen LogP contribution in [0, 0.1) is 13.8 Å². The first-order chi connectivity index (χ1) is 8.95. The molecule has 1 aromatic rings. The molecule has 19 heavy (non-hydrogen) atoms. The first-order valence-corrected chi connectivity index (χ1v) is 6.26. The normalized spacial score (nSPS) is 12.6. The van der Waals surface area contributed by atoms with Crippen LogP contribution in [0.4, 0.5) is 0 Å². The van der Waals surface area contributed by atoms with Gasteiger partial charge >= 0.3 is 5.97 Å². The molecule has 1 rings (SSSR count). The number of nitrogens with two attached hydrogens (primary N) is 1. The molecule has 0 aromatic heterocycles. The molecule has 3 N–H and O–H groups in total. The van der Waals surface area contributed by atoms with Crippen LogP contribution in [0.3, 0.4) is 0 Å². The maximum Gasteiger partial charge on any atom is 0.320 e. The number of ether oxygens (including phenoxy) is 1. The molecule has 1 unspecified atom stereocenters. The average Bonchev–Trinajstić information content (AvgIpc) is 2.34. The molecule has 0 heterocycles. The predicted molar refractivity (Wildman–Crippen MR) is 76.3 cm³/mol. The summed E-state index contributed by atoms with van der Waals surface area (Å²) >= 11 is 0. The Morgan fingerprint density at radius 1 is 1.42 bits per heavy atom. The summed E-state index contributed by atoms with van der Waals surface area (Å²) in [7, 11) is 1.66. The van der Waals surface area contributed by atoms with E-state index in [4.69, 9.17) is 15.6 Å². The zero-order valence-corrected chi connectivity index (χ0v) is 11.6. The molecule has 4 nitrogen and oxygen atoms in total. The molecule has 0 bridgehead atoms. The van der Waals surface area contributed by atoms with E-state index in [2.05, 4.69) is 0 Å². The van der Waals surface area contributed by atoms with Gasteiger partial charge in [-0.15, -0.1) is 0 Å². The smallest absolute Gasteiger partial charge is 0.320 e. The zero-order valence-electron chi connectivity index (χ0n) is 11.6. The van der Waals surface area contributed by atoms with E-state index in [1.807, 2.05) is 38.1 Å². The number of methoxy groups -OCH3 is 1. The third kappa shape index (κ3) is 4.41. The number of hydrogen-bond donors (Lipinski definition) is 2. The molecular formula is C15H21NO3. The van der Waals surface area contributed by atoms with Crippen LogP contribution in [-0.2, 0) is 4.79 Å². The van der Waals surface area contributed by atoms with Crippen molar-refractivity contribution in [3.8, 4) is 5.75 Å². The Hall–Kier alpha value is -1.81. The highest BCUT2D eigenvalue weighted by atomic mass is 16.5. The number of carboxylic acid groups (broad SMARTS) is 1. The number of allylic oxidation sites excluding steroid dienone is 1. The molecule has 1 aromatic carbocycles. The summed E-state index contributed by atoms with van der Waals surface area (Å²) < 4.78 is 5.31. The Kier molecular flexibility index (Phi) is 5.57. The minimum atomic E-state index is -0.954. The second-order valence-corrected chi connectivity index (χ2v) is 4.61. The van der Waals surface area contributed by atoms with Crippen molar-refractivity contribution in [3.63, 3.8) is 0 Å². The topological polar surface area (TPSA) is 72.5 Å². The van der Waals surface area contributed by atoms with E-state index in [0.717, 1.165) is 22.4 Å². The molecule has 0 saturated heterocycles. The van der Waals surface area contributed by atoms with Crippen LogP contribution < -0.4 is 10.5 Å². The van der Waals surface area contributed by atoms with Gasteiger partial charge in [-0.25, -0.2) is 0 Å². The monoisotopic (exact) mass is 263 g/mol. The zero-order chi connectivity index (χ0) is 14.4. The second kappa shape index (κ2) is 6.95. The minimum Gasteiger partial charge on any atom is -0.496 e. The van der Waals surface area contributed by atoms with E-state index in [1.165, 1.54) is 0 Å². The molecule has 0 aliphatic heterocycles. The van der Waals surface area contributed by atoms with Crippen LogP contribution in [0.2, 0.25) is 0 Å². The lowest BCUT2D eigenvalue weighted by Gasteiger charge is -2.09. The number of benzene rings is 1. The predicted octanol–water partition coefficient (Wildman–Crippen LogP) is 2.52. The molecule has 0 spiro atoms. The summed E-state index contributed by atoms with van der Waals surface area (Å²) in [5.74, 6) is -0.0467. The van der Waals surface area contributed by atoms with Crippen LogP contribution in [0.25, 0.3) is 6.08 Å². The van der Waals surface area contributed by atoms with Gasteiger partial charge in [0.1, 0.15) is 11.8 Å². The molecule has 104 valence electrons. The highest BCUT2D eigenvalue weighted by molar-refractivity contribution is 5.73. The summed E-state index contributed by atoms with van der Waals surface area (Å²) in [4.78, 5) is 10.6. The molecule has 0 saturated carbocycles. The SMILES string of the molecule is COc1c(C)cc(/C=C/CCC(N)C(=O)O)cc1C. The van der Waals surface area contributed by atoms with Gasteiger partial charge in [-0.1, -0.05) is 12.2 Å². The van der Waals surface area contributed by atoms with Crippen molar-refractivity contribution >= 4 is 12.0 Å². The van der Waals surface area contributed by atoms with Crippen LogP contribution in [0.1, 0.15) is 29.5 Å². The van der Waals surface area contributed by atoms with Gasteiger partial charge < -0.3 is 15.6 Å². The van der Waals surface area contributed by atoms with Gasteiger partial charge in [0.15, 0.2) is 0 Å². The minimum absolute atomic E-state index is 0.444. The number of carboxylic acids is 1. The van der Waals surface area contributed by atoms with Crippen molar-refractivity contribution in [2.75, 3.05) is 7.11 Å². The van der Waals surface area contributed by atoms with E-state index in [0.29, 0.717) is 12.8 Å². The Morgan fingerprint density at radius 2 is 2.00 bits per heavy atom. The second-order valence-electron chi connectivity index (χ2n) is 4.61. The van der Waals surface area contributed by atoms with Crippen molar-refractivity contribution in [1.29, 1.82) is 0 Å². The van der Waals surface area contributed by atoms with E-state index < -0.39 is 12.0 Å². The maximum absolute atomic E-state index is 10.6. The van der Waals surface area contributed by atoms with Crippen molar-refractivity contribution in [2.24, 2.45) is 5.73 Å². The van der Waals surface area contributed by atoms with Gasteiger partial charge in [0.05, 0.1) is 7.11 Å². The third-order valence-electron chi connectivity index (χ3n) is 2.96. The van der Waals surface area contributed by atoms with Crippen molar-refractivity contribution in [1.82, 2.24) is 0 Å². The quantitative estimate of drug-likeness (QED) is 0.827. The number of rotatable bonds is 6. The number of carbonyl (C=O) groups is 1. The molecule has 0 amide bonds. The molecule has 0 radical (unpaired) electrons. The summed E-state index contributed by atoms with van der Waals surface area (Å²) in [6, 6.07) is 3.29. The van der Waals surface area contributed by atoms with Gasteiger partial charge in [-0.05, 0) is 55.5 Å². The number of aryl methyl sites for hydroxylation is 2. The molecule has 0 aliphatic carbocycles. The molecular weight excluding hydrogens is 242 g/mol. The van der Waals surface area contributed by atoms with Crippen LogP contribution in [0.5, 0.6) is 5.75 Å². The van der Waals surface area contributed by atoms with Crippen LogP contribution in [0.15, 0.2) is 18.2 Å². The van der Waals surface area contributed by atoms with Gasteiger partial charge in [-0.2, -0.15) is 0 Å². The first-order valence-electron chi connectivity index (χ1n) is 6.26. The first kappa shape index (κ1) is 15.2. The van der Waals surface area contributed by atoms with Crippen LogP contribution >= 0.6 is 0 Å². The number of hydrogen-bond acceptors (Lipinski definition) is 3. The van der Waals surface area contributed by atoms with E-state index in [1.54, 1.807) is 7.11 Å². The molecule has 0 aliphatic rings. The Bertz CT molecular complexity index is 457. The van der Waals surface area contributed by atoms with Gasteiger partial charge in [0.25, 0.3) is 0 Å². The Balaban J connectivity index is 2.65. The van der Waals surface area contributed by atoms with Crippen molar-refractivity contribution in [3.05, 3.63) is 34.9 Å². The van der Waals surface area contributed by atoms with E-state index >= 15 is 0 Å². The van der Waals surface area contributed by atoms with Gasteiger partial charge in [-0.3, -0.25) is 4.79 Å². The molecule has 1 atom stereocenters. The molecule has 4 heteroatoms. The maximum atomic E-state index is 10.6. The molecule has 0 fully saturated rings. The fraction of sp³-hybridized carbons (Fsp3) is 0.400. The fourth-order valence-electron chi connectivity index (χ4n) is 2.02. The standard InChI is InChI=1S/C15H21NO3/c1-10-8-12(9-11(2)14(10)19-3)6-4-5-7-13(16)15(17)18/h4,6,8-9,13H,5,7,16H2,1-3H3,(H,17,18)/b6-4+. The number of aliphatic carboxylic acids is 1. The summed E-state index contributed by atoms with van der Waals surface area (Å²) in [5.41, 5.74) is 8.69. The highest BCUT2D eigenvalue weighted by Crippen LogP contribution is 2.24. The average molecular weight is 263 g/mol. The highest BCUT2D eigenvalue weighted by Gasteiger charge is 2.09. The lowest BCUT2D eigenvalue weighted by molar-refractivity contribution is -0.138. The van der Waals surface area contributed by atoms with E-state index in [9.17, 15) is 4.79 Å². The Morgan fingerprint density at radius 3 is 2.47 bits per heavy atom. The fourth-order valence-corrected chi connectivity index (χ4v) is 2.02. The summed E-state index contributed by atoms with van der Waals surface area (Å²) in [6.07, 6.45) is 5.02. The lowest BCUT2D eigenvalue weighted by atomic mass is 10.0. The third-order valence-corrected chi connectivity index (χ3v) is 2.96. The van der Waals surface area contributed by atoms with Crippen molar-refractivity contribution < 1.29 is 14.6 Å².